The summed E-state index contributed by atoms with van der Waals surface area (Å²) in [5.41, 5.74) is 1.85. The number of unbranched alkanes of at least 4 members (excludes halogenated alkanes) is 2. The molecule has 0 aromatic rings. The Bertz CT molecular complexity index is 104. The Balaban J connectivity index is 3.54. The third-order valence-corrected chi connectivity index (χ3v) is 5.19. The Morgan fingerprint density at radius 3 is 1.92 bits per heavy atom. The summed E-state index contributed by atoms with van der Waals surface area (Å²) < 4.78 is 12.0. The summed E-state index contributed by atoms with van der Waals surface area (Å²) in [7, 11) is -0.825. The smallest absolute Gasteiger partial charge is 0.0786 e. The highest BCUT2D eigenvalue weighted by atomic mass is 28.3. The molecule has 0 aliphatic rings. The van der Waals surface area contributed by atoms with Crippen LogP contribution in [0.5, 0.6) is 0 Å². The molecule has 2 heteroatoms. The highest BCUT2D eigenvalue weighted by molar-refractivity contribution is 6.64. The van der Waals surface area contributed by atoms with Crippen molar-refractivity contribution in [3.05, 3.63) is 12.0 Å². The van der Waals surface area contributed by atoms with Crippen LogP contribution in [0.25, 0.3) is 0 Å². The SMILES string of the molecule is CCCC[SiH](C=CF)CCCC. The molecule has 0 saturated heterocycles. The fraction of sp³-hybridized carbons (Fsp3) is 0.800. The first kappa shape index (κ1) is 11.9. The molecule has 0 amide bonds. The zero-order chi connectivity index (χ0) is 9.23. The van der Waals surface area contributed by atoms with Gasteiger partial charge in [-0.25, -0.2) is 4.39 Å². The number of hydrogen-bond acceptors (Lipinski definition) is 0. The lowest BCUT2D eigenvalue weighted by atomic mass is 10.4. The van der Waals surface area contributed by atoms with Gasteiger partial charge < -0.3 is 0 Å². The van der Waals surface area contributed by atoms with Gasteiger partial charge in [0.1, 0.15) is 0 Å². The molecular weight excluding hydrogens is 167 g/mol. The summed E-state index contributed by atoms with van der Waals surface area (Å²) in [6, 6.07) is 2.58. The lowest BCUT2D eigenvalue weighted by Gasteiger charge is -2.08. The Kier molecular flexibility index (Phi) is 8.89. The molecule has 0 unspecified atom stereocenters. The van der Waals surface area contributed by atoms with Crippen LogP contribution in [0.3, 0.4) is 0 Å². The van der Waals surface area contributed by atoms with E-state index in [0.717, 1.165) is 6.33 Å². The van der Waals surface area contributed by atoms with Crippen LogP contribution in [-0.4, -0.2) is 8.80 Å². The number of rotatable bonds is 7. The molecular formula is C10H21FSi. The first-order chi connectivity index (χ1) is 5.85. The maximum atomic E-state index is 12.0. The largest absolute Gasteiger partial charge is 0.216 e. The molecule has 0 aromatic carbocycles. The van der Waals surface area contributed by atoms with Crippen LogP contribution < -0.4 is 0 Å². The van der Waals surface area contributed by atoms with E-state index in [9.17, 15) is 4.39 Å². The van der Waals surface area contributed by atoms with Crippen LogP contribution in [0.4, 0.5) is 4.39 Å². The molecule has 0 aliphatic carbocycles. The van der Waals surface area contributed by atoms with E-state index < -0.39 is 8.80 Å². The molecule has 12 heavy (non-hydrogen) atoms. The molecule has 0 heterocycles. The van der Waals surface area contributed by atoms with Gasteiger partial charge in [-0.3, -0.25) is 0 Å². The van der Waals surface area contributed by atoms with E-state index in [1.165, 1.54) is 37.8 Å². The van der Waals surface area contributed by atoms with Gasteiger partial charge in [0.25, 0.3) is 0 Å². The van der Waals surface area contributed by atoms with Gasteiger partial charge in [0.15, 0.2) is 0 Å². The molecule has 0 rings (SSSR count). The minimum absolute atomic E-state index is 0.766. The second-order valence-electron chi connectivity index (χ2n) is 3.36. The molecule has 0 nitrogen and oxygen atoms in total. The maximum absolute atomic E-state index is 12.0. The quantitative estimate of drug-likeness (QED) is 0.533. The molecule has 0 saturated carbocycles. The fourth-order valence-electron chi connectivity index (χ4n) is 1.37. The maximum Gasteiger partial charge on any atom is 0.0786 e. The second-order valence-corrected chi connectivity index (χ2v) is 6.42. The Hall–Kier alpha value is -0.113. The van der Waals surface area contributed by atoms with Gasteiger partial charge in [0.05, 0.1) is 15.1 Å². The van der Waals surface area contributed by atoms with Crippen LogP contribution in [0, 0.1) is 0 Å². The summed E-state index contributed by atoms with van der Waals surface area (Å²) in [5.74, 6) is 0. The van der Waals surface area contributed by atoms with Gasteiger partial charge in [-0.1, -0.05) is 57.3 Å². The van der Waals surface area contributed by atoms with Crippen molar-refractivity contribution in [2.24, 2.45) is 0 Å². The Morgan fingerprint density at radius 1 is 1.08 bits per heavy atom. The van der Waals surface area contributed by atoms with Crippen molar-refractivity contribution in [1.29, 1.82) is 0 Å². The standard InChI is InChI=1S/C10H21FSi/c1-3-5-8-12(10-7-11)9-6-4-2/h7,10,12H,3-6,8-9H2,1-2H3. The van der Waals surface area contributed by atoms with Crippen molar-refractivity contribution in [1.82, 2.24) is 0 Å². The Morgan fingerprint density at radius 2 is 1.58 bits per heavy atom. The fourth-order valence-corrected chi connectivity index (χ4v) is 4.12. The molecule has 0 aromatic heterocycles. The lowest BCUT2D eigenvalue weighted by molar-refractivity contribution is 0.722. The van der Waals surface area contributed by atoms with Crippen molar-refractivity contribution in [2.75, 3.05) is 0 Å². The van der Waals surface area contributed by atoms with Crippen molar-refractivity contribution >= 4 is 8.80 Å². The van der Waals surface area contributed by atoms with Gasteiger partial charge in [-0.05, 0) is 0 Å². The van der Waals surface area contributed by atoms with Crippen LogP contribution in [0.15, 0.2) is 12.0 Å². The molecule has 0 radical (unpaired) electrons. The van der Waals surface area contributed by atoms with E-state index in [-0.39, 0.29) is 0 Å². The summed E-state index contributed by atoms with van der Waals surface area (Å²) in [5, 5.41) is 0. The second kappa shape index (κ2) is 8.98. The first-order valence-corrected chi connectivity index (χ1v) is 7.42. The lowest BCUT2D eigenvalue weighted by Crippen LogP contribution is -2.08. The molecule has 0 fully saturated rings. The highest BCUT2D eigenvalue weighted by Gasteiger charge is 2.04. The monoisotopic (exact) mass is 188 g/mol. The molecule has 0 N–H and O–H groups in total. The topological polar surface area (TPSA) is 0 Å². The van der Waals surface area contributed by atoms with Gasteiger partial charge in [0, 0.05) is 0 Å². The van der Waals surface area contributed by atoms with Crippen molar-refractivity contribution in [3.63, 3.8) is 0 Å². The third kappa shape index (κ3) is 6.59. The number of halogens is 1. The van der Waals surface area contributed by atoms with Gasteiger partial charge in [-0.2, -0.15) is 0 Å². The van der Waals surface area contributed by atoms with Crippen LogP contribution in [0.1, 0.15) is 39.5 Å². The minimum atomic E-state index is -0.825. The van der Waals surface area contributed by atoms with Crippen LogP contribution in [-0.2, 0) is 0 Å². The van der Waals surface area contributed by atoms with Gasteiger partial charge in [0.2, 0.25) is 0 Å². The zero-order valence-corrected chi connectivity index (χ0v) is 9.51. The zero-order valence-electron chi connectivity index (χ0n) is 8.35. The van der Waals surface area contributed by atoms with E-state index >= 15 is 0 Å². The molecule has 0 bridgehead atoms. The van der Waals surface area contributed by atoms with E-state index in [0.29, 0.717) is 0 Å². The summed E-state index contributed by atoms with van der Waals surface area (Å²) in [6.45, 7) is 4.40. The normalized spacial score (nSPS) is 11.7. The van der Waals surface area contributed by atoms with E-state index in [1.807, 2.05) is 5.70 Å². The van der Waals surface area contributed by atoms with E-state index in [1.54, 1.807) is 0 Å². The van der Waals surface area contributed by atoms with E-state index in [4.69, 9.17) is 0 Å². The molecule has 0 spiro atoms. The van der Waals surface area contributed by atoms with E-state index in [2.05, 4.69) is 13.8 Å². The van der Waals surface area contributed by atoms with Crippen LogP contribution in [0.2, 0.25) is 12.1 Å². The Labute approximate surface area is 77.5 Å². The molecule has 72 valence electrons. The van der Waals surface area contributed by atoms with Crippen molar-refractivity contribution in [3.8, 4) is 0 Å². The predicted molar refractivity (Wildman–Crippen MR) is 56.8 cm³/mol. The summed E-state index contributed by atoms with van der Waals surface area (Å²) in [6.07, 6.45) is 5.82. The van der Waals surface area contributed by atoms with Gasteiger partial charge >= 0.3 is 0 Å². The predicted octanol–water partition coefficient (Wildman–Crippen LogP) is 3.84. The minimum Gasteiger partial charge on any atom is -0.216 e. The van der Waals surface area contributed by atoms with Crippen molar-refractivity contribution < 1.29 is 4.39 Å². The van der Waals surface area contributed by atoms with Crippen molar-refractivity contribution in [2.45, 2.75) is 51.6 Å². The highest BCUT2D eigenvalue weighted by Crippen LogP contribution is 2.10. The van der Waals surface area contributed by atoms with Gasteiger partial charge in [-0.15, -0.1) is 0 Å². The summed E-state index contributed by atoms with van der Waals surface area (Å²) >= 11 is 0. The summed E-state index contributed by atoms with van der Waals surface area (Å²) in [4.78, 5) is 0. The number of hydrogen-bond donors (Lipinski definition) is 0. The average Bonchev–Trinajstić information content (AvgIpc) is 2.10. The van der Waals surface area contributed by atoms with Crippen LogP contribution >= 0.6 is 0 Å². The molecule has 0 aliphatic heterocycles. The molecule has 0 atom stereocenters. The average molecular weight is 188 g/mol. The first-order valence-electron chi connectivity index (χ1n) is 5.12. The third-order valence-electron chi connectivity index (χ3n) is 2.20.